The predicted molar refractivity (Wildman–Crippen MR) is 172 cm³/mol. The smallest absolute Gasteiger partial charge is 0.0982 e. The molecule has 1 aliphatic carbocycles. The molecule has 1 aliphatic rings. The summed E-state index contributed by atoms with van der Waals surface area (Å²) in [5.74, 6) is 2.94. The highest BCUT2D eigenvalue weighted by Gasteiger charge is 2.23. The maximum Gasteiger partial charge on any atom is 0.0982 e. The summed E-state index contributed by atoms with van der Waals surface area (Å²) in [6, 6.07) is 0. The van der Waals surface area contributed by atoms with Gasteiger partial charge in [0.15, 0.2) is 0 Å². The summed E-state index contributed by atoms with van der Waals surface area (Å²) < 4.78 is 6.73. The number of nitrogens with zero attached hydrogens (tertiary/aromatic N) is 1. The number of rotatable bonds is 29. The van der Waals surface area contributed by atoms with Gasteiger partial charge in [0.25, 0.3) is 0 Å². The second kappa shape index (κ2) is 26.4. The summed E-state index contributed by atoms with van der Waals surface area (Å²) in [6.45, 7) is 10.5. The number of hydrogen-bond acceptors (Lipinski definition) is 3. The summed E-state index contributed by atoms with van der Waals surface area (Å²) in [4.78, 5) is 2.51. The molecule has 0 radical (unpaired) electrons. The van der Waals surface area contributed by atoms with E-state index in [1.165, 1.54) is 154 Å². The van der Waals surface area contributed by atoms with Crippen molar-refractivity contribution < 1.29 is 9.84 Å². The van der Waals surface area contributed by atoms with E-state index in [1.807, 2.05) is 0 Å². The summed E-state index contributed by atoms with van der Waals surface area (Å²) in [7, 11) is 2.27. The van der Waals surface area contributed by atoms with Crippen LogP contribution in [-0.4, -0.2) is 43.4 Å². The van der Waals surface area contributed by atoms with E-state index in [9.17, 15) is 0 Å². The maximum absolute atomic E-state index is 9.11. The Morgan fingerprint density at radius 3 is 1.82 bits per heavy atom. The van der Waals surface area contributed by atoms with Gasteiger partial charge in [0.1, 0.15) is 0 Å². The molecule has 0 amide bonds. The fourth-order valence-corrected chi connectivity index (χ4v) is 6.26. The van der Waals surface area contributed by atoms with Gasteiger partial charge < -0.3 is 14.7 Å². The molecule has 0 bridgehead atoms. The van der Waals surface area contributed by atoms with Crippen molar-refractivity contribution in [3.63, 3.8) is 0 Å². The van der Waals surface area contributed by atoms with Crippen molar-refractivity contribution in [3.8, 4) is 0 Å². The summed E-state index contributed by atoms with van der Waals surface area (Å²) in [5, 5.41) is 9.11. The molecule has 3 heteroatoms. The molecule has 1 fully saturated rings. The minimum absolute atomic E-state index is 0.324. The Morgan fingerprint density at radius 2 is 1.23 bits per heavy atom. The molecule has 3 nitrogen and oxygen atoms in total. The van der Waals surface area contributed by atoms with Crippen molar-refractivity contribution in [3.05, 3.63) is 11.3 Å². The van der Waals surface area contributed by atoms with Gasteiger partial charge in [0, 0.05) is 19.1 Å². The molecule has 1 N–H and O–H groups in total. The Hall–Kier alpha value is -0.540. The molecule has 0 aromatic rings. The summed E-state index contributed by atoms with van der Waals surface area (Å²) >= 11 is 0. The van der Waals surface area contributed by atoms with Crippen LogP contribution in [0.25, 0.3) is 0 Å². The topological polar surface area (TPSA) is 32.7 Å². The highest BCUT2D eigenvalue weighted by Crippen LogP contribution is 2.37. The van der Waals surface area contributed by atoms with E-state index >= 15 is 0 Å². The summed E-state index contributed by atoms with van der Waals surface area (Å²) in [5.41, 5.74) is 1.67. The molecule has 0 aromatic heterocycles. The molecule has 2 atom stereocenters. The highest BCUT2D eigenvalue weighted by molar-refractivity contribution is 5.17. The molecule has 0 spiro atoms. The van der Waals surface area contributed by atoms with Crippen LogP contribution in [-0.2, 0) is 4.74 Å². The van der Waals surface area contributed by atoms with Crippen molar-refractivity contribution in [2.75, 3.05) is 33.4 Å². The average molecular weight is 550 g/mol. The normalized spacial score (nSPS) is 15.0. The largest absolute Gasteiger partial charge is 0.498 e. The van der Waals surface area contributed by atoms with E-state index in [0.29, 0.717) is 12.5 Å². The van der Waals surface area contributed by atoms with Crippen LogP contribution in [0.4, 0.5) is 0 Å². The van der Waals surface area contributed by atoms with E-state index in [0.717, 1.165) is 31.9 Å². The standard InChI is InChI=1S/C36H71NO2/c1-5-8-11-13-14-17-26-34(25-16-12-9-6-2)36(35-27-22-28-35)39-31-21-18-24-33(23-15-10-7-3)32-37(4)29-19-20-30-38/h33-34,38H,5-32H2,1-4H3. The average Bonchev–Trinajstić information content (AvgIpc) is 2.90. The Balaban J connectivity index is 2.56. The third-order valence-corrected chi connectivity index (χ3v) is 8.99. The zero-order chi connectivity index (χ0) is 28.4. The van der Waals surface area contributed by atoms with E-state index < -0.39 is 0 Å². The van der Waals surface area contributed by atoms with Crippen molar-refractivity contribution in [1.29, 1.82) is 0 Å². The second-order valence-electron chi connectivity index (χ2n) is 12.8. The first-order valence-corrected chi connectivity index (χ1v) is 17.8. The predicted octanol–water partition coefficient (Wildman–Crippen LogP) is 10.8. The quantitative estimate of drug-likeness (QED) is 0.0744. The van der Waals surface area contributed by atoms with Crippen molar-refractivity contribution >= 4 is 0 Å². The lowest BCUT2D eigenvalue weighted by Crippen LogP contribution is -2.27. The lowest BCUT2D eigenvalue weighted by molar-refractivity contribution is 0.151. The van der Waals surface area contributed by atoms with E-state index in [-0.39, 0.29) is 0 Å². The van der Waals surface area contributed by atoms with Gasteiger partial charge in [-0.05, 0) is 95.7 Å². The lowest BCUT2D eigenvalue weighted by Gasteiger charge is -2.29. The molecule has 1 saturated carbocycles. The van der Waals surface area contributed by atoms with E-state index in [2.05, 4.69) is 32.7 Å². The van der Waals surface area contributed by atoms with Crippen LogP contribution in [0.15, 0.2) is 11.3 Å². The van der Waals surface area contributed by atoms with Crippen LogP contribution < -0.4 is 0 Å². The van der Waals surface area contributed by atoms with Gasteiger partial charge in [-0.15, -0.1) is 0 Å². The zero-order valence-electron chi connectivity index (χ0n) is 27.3. The van der Waals surface area contributed by atoms with Gasteiger partial charge in [0.2, 0.25) is 0 Å². The van der Waals surface area contributed by atoms with Crippen LogP contribution in [0.3, 0.4) is 0 Å². The number of hydrogen-bond donors (Lipinski definition) is 1. The van der Waals surface area contributed by atoms with Crippen LogP contribution in [0, 0.1) is 11.8 Å². The summed E-state index contributed by atoms with van der Waals surface area (Å²) in [6.07, 6.45) is 31.7. The van der Waals surface area contributed by atoms with E-state index in [1.54, 1.807) is 5.57 Å². The molecule has 2 unspecified atom stereocenters. The molecule has 0 aromatic carbocycles. The minimum atomic E-state index is 0.324. The Labute approximate surface area is 245 Å². The molecular weight excluding hydrogens is 478 g/mol. The van der Waals surface area contributed by atoms with Gasteiger partial charge in [-0.1, -0.05) is 104 Å². The van der Waals surface area contributed by atoms with Gasteiger partial charge in [0.05, 0.1) is 12.4 Å². The van der Waals surface area contributed by atoms with Crippen LogP contribution in [0.5, 0.6) is 0 Å². The van der Waals surface area contributed by atoms with Gasteiger partial charge in [-0.3, -0.25) is 0 Å². The SMILES string of the molecule is CCCCCCCCC(CCCCCC)C(OCCCCC(CCCCC)CN(C)CCCCO)=C1CCC1. The van der Waals surface area contributed by atoms with Gasteiger partial charge in [-0.2, -0.15) is 0 Å². The lowest BCUT2D eigenvalue weighted by atomic mass is 9.83. The van der Waals surface area contributed by atoms with Crippen molar-refractivity contribution in [2.24, 2.45) is 11.8 Å². The maximum atomic E-state index is 9.11. The fraction of sp³-hybridized carbons (Fsp3) is 0.944. The van der Waals surface area contributed by atoms with E-state index in [4.69, 9.17) is 9.84 Å². The van der Waals surface area contributed by atoms with Crippen LogP contribution in [0.2, 0.25) is 0 Å². The van der Waals surface area contributed by atoms with Crippen LogP contribution in [0.1, 0.15) is 175 Å². The first kappa shape index (κ1) is 36.5. The number of allylic oxidation sites excluding steroid dienone is 2. The number of aliphatic hydroxyl groups excluding tert-OH is 1. The van der Waals surface area contributed by atoms with Gasteiger partial charge in [-0.25, -0.2) is 0 Å². The molecular formula is C36H71NO2. The molecule has 0 heterocycles. The Morgan fingerprint density at radius 1 is 0.692 bits per heavy atom. The van der Waals surface area contributed by atoms with Crippen LogP contribution >= 0.6 is 0 Å². The fourth-order valence-electron chi connectivity index (χ4n) is 6.26. The monoisotopic (exact) mass is 550 g/mol. The number of unbranched alkanes of at least 4 members (excludes halogenated alkanes) is 12. The highest BCUT2D eigenvalue weighted by atomic mass is 16.5. The minimum Gasteiger partial charge on any atom is -0.498 e. The molecule has 0 saturated heterocycles. The Bertz CT molecular complexity index is 554. The van der Waals surface area contributed by atoms with Gasteiger partial charge >= 0.3 is 0 Å². The number of aliphatic hydroxyl groups is 1. The second-order valence-corrected chi connectivity index (χ2v) is 12.8. The molecule has 39 heavy (non-hydrogen) atoms. The first-order valence-electron chi connectivity index (χ1n) is 17.8. The molecule has 0 aliphatic heterocycles. The first-order chi connectivity index (χ1) is 19.2. The van der Waals surface area contributed by atoms with Crippen molar-refractivity contribution in [1.82, 2.24) is 4.90 Å². The zero-order valence-corrected chi connectivity index (χ0v) is 27.3. The number of ether oxygens (including phenoxy) is 1. The third-order valence-electron chi connectivity index (χ3n) is 8.99. The van der Waals surface area contributed by atoms with Crippen molar-refractivity contribution in [2.45, 2.75) is 175 Å². The molecule has 232 valence electrons. The molecule has 1 rings (SSSR count). The Kier molecular flexibility index (Phi) is 24.7. The third kappa shape index (κ3) is 19.3.